The number of hydrogen-bond donors (Lipinski definition) is 1. The van der Waals surface area contributed by atoms with Gasteiger partial charge in [0.2, 0.25) is 11.7 Å². The van der Waals surface area contributed by atoms with Crippen molar-refractivity contribution in [1.29, 1.82) is 0 Å². The molecule has 0 aliphatic carbocycles. The molecule has 1 heterocycles. The molecule has 0 spiro atoms. The lowest BCUT2D eigenvalue weighted by Gasteiger charge is -1.91. The Bertz CT molecular complexity index is 351. The highest BCUT2D eigenvalue weighted by Crippen LogP contribution is 2.27. The molecule has 0 saturated carbocycles. The molecule has 7 heteroatoms. The van der Waals surface area contributed by atoms with E-state index in [-0.39, 0.29) is 5.89 Å². The number of halogens is 3. The van der Waals surface area contributed by atoms with Crippen LogP contribution >= 0.6 is 11.6 Å². The third-order valence-electron chi connectivity index (χ3n) is 1.41. The van der Waals surface area contributed by atoms with Crippen molar-refractivity contribution in [3.8, 4) is 0 Å². The van der Waals surface area contributed by atoms with Crippen molar-refractivity contribution < 1.29 is 23.1 Å². The van der Waals surface area contributed by atoms with Gasteiger partial charge in [0.1, 0.15) is 5.38 Å². The number of oxazole rings is 1. The van der Waals surface area contributed by atoms with E-state index in [2.05, 4.69) is 9.40 Å². The summed E-state index contributed by atoms with van der Waals surface area (Å²) in [6.07, 6.45) is -2.99. The van der Waals surface area contributed by atoms with Crippen LogP contribution in [0.5, 0.6) is 0 Å². The molecule has 0 bridgehead atoms. The molecule has 1 unspecified atom stereocenters. The van der Waals surface area contributed by atoms with Gasteiger partial charge in [-0.15, -0.1) is 11.6 Å². The summed E-state index contributed by atoms with van der Waals surface area (Å²) in [7, 11) is 0. The van der Waals surface area contributed by atoms with Crippen LogP contribution in [0.3, 0.4) is 0 Å². The fourth-order valence-corrected chi connectivity index (χ4v) is 0.914. The van der Waals surface area contributed by atoms with Crippen molar-refractivity contribution >= 4 is 17.6 Å². The molecule has 1 aromatic heterocycles. The summed E-state index contributed by atoms with van der Waals surface area (Å²) >= 11 is 5.50. The maximum absolute atomic E-state index is 12.2. The van der Waals surface area contributed by atoms with Gasteiger partial charge in [-0.3, -0.25) is 0 Å². The van der Waals surface area contributed by atoms with Crippen LogP contribution in [0.2, 0.25) is 0 Å². The molecule has 14 heavy (non-hydrogen) atoms. The number of aromatic nitrogens is 1. The first-order valence-electron chi connectivity index (χ1n) is 3.59. The van der Waals surface area contributed by atoms with Gasteiger partial charge in [-0.1, -0.05) is 0 Å². The van der Waals surface area contributed by atoms with Gasteiger partial charge >= 0.3 is 5.97 Å². The van der Waals surface area contributed by atoms with Crippen LogP contribution in [-0.4, -0.2) is 16.1 Å². The van der Waals surface area contributed by atoms with Crippen molar-refractivity contribution in [1.82, 2.24) is 4.98 Å². The monoisotopic (exact) mass is 225 g/mol. The van der Waals surface area contributed by atoms with Crippen molar-refractivity contribution in [2.75, 3.05) is 0 Å². The summed E-state index contributed by atoms with van der Waals surface area (Å²) in [5, 5.41) is 7.75. The minimum atomic E-state index is -2.99. The van der Waals surface area contributed by atoms with Gasteiger partial charge in [-0.2, -0.15) is 0 Å². The van der Waals surface area contributed by atoms with Crippen molar-refractivity contribution in [2.45, 2.75) is 18.7 Å². The average molecular weight is 226 g/mol. The normalized spacial score (nSPS) is 13.2. The Hall–Kier alpha value is -1.17. The van der Waals surface area contributed by atoms with E-state index in [1.807, 2.05) is 0 Å². The zero-order valence-corrected chi connectivity index (χ0v) is 7.76. The van der Waals surface area contributed by atoms with Gasteiger partial charge in [0.05, 0.1) is 0 Å². The van der Waals surface area contributed by atoms with E-state index in [1.165, 1.54) is 6.92 Å². The summed E-state index contributed by atoms with van der Waals surface area (Å²) < 4.78 is 29.0. The molecule has 1 aromatic rings. The van der Waals surface area contributed by atoms with Crippen LogP contribution in [0.25, 0.3) is 0 Å². The molecule has 0 fully saturated rings. The van der Waals surface area contributed by atoms with Crippen molar-refractivity contribution in [3.05, 3.63) is 17.3 Å². The van der Waals surface area contributed by atoms with Crippen LogP contribution < -0.4 is 0 Å². The van der Waals surface area contributed by atoms with Gasteiger partial charge in [-0.25, -0.2) is 18.6 Å². The lowest BCUT2D eigenvalue weighted by atomic mass is 10.3. The lowest BCUT2D eigenvalue weighted by molar-refractivity contribution is 0.0644. The second-order valence-electron chi connectivity index (χ2n) is 2.49. The third-order valence-corrected chi connectivity index (χ3v) is 1.60. The van der Waals surface area contributed by atoms with E-state index < -0.39 is 29.2 Å². The predicted molar refractivity (Wildman–Crippen MR) is 42.7 cm³/mol. The molecule has 78 valence electrons. The molecule has 1 N–H and O–H groups in total. The smallest absolute Gasteiger partial charge is 0.374 e. The van der Waals surface area contributed by atoms with Gasteiger partial charge in [-0.05, 0) is 6.92 Å². The fraction of sp³-hybridized carbons (Fsp3) is 0.429. The number of carboxylic acids is 1. The second kappa shape index (κ2) is 3.91. The Morgan fingerprint density at radius 2 is 2.21 bits per heavy atom. The Morgan fingerprint density at radius 3 is 2.50 bits per heavy atom. The lowest BCUT2D eigenvalue weighted by Crippen LogP contribution is -1.99. The SMILES string of the molecule is CC(Cl)c1nc(C(F)F)c(C(=O)O)o1. The quantitative estimate of drug-likeness (QED) is 0.803. The first kappa shape index (κ1) is 10.9. The Balaban J connectivity index is 3.19. The molecule has 0 amide bonds. The number of carboxylic acid groups (broad SMARTS) is 1. The van der Waals surface area contributed by atoms with Gasteiger partial charge in [0.15, 0.2) is 5.69 Å². The van der Waals surface area contributed by atoms with Crippen molar-refractivity contribution in [2.24, 2.45) is 0 Å². The van der Waals surface area contributed by atoms with Gasteiger partial charge in [0.25, 0.3) is 6.43 Å². The molecular weight excluding hydrogens is 220 g/mol. The Morgan fingerprint density at radius 1 is 1.64 bits per heavy atom. The van der Waals surface area contributed by atoms with E-state index >= 15 is 0 Å². The van der Waals surface area contributed by atoms with Crippen LogP contribution in [-0.2, 0) is 0 Å². The Kier molecular flexibility index (Phi) is 3.05. The first-order chi connectivity index (χ1) is 6.43. The van der Waals surface area contributed by atoms with Crippen LogP contribution in [0.1, 0.15) is 40.9 Å². The second-order valence-corrected chi connectivity index (χ2v) is 3.14. The zero-order valence-electron chi connectivity index (χ0n) is 7.00. The molecular formula is C7H6ClF2NO3. The highest BCUT2D eigenvalue weighted by atomic mass is 35.5. The average Bonchev–Trinajstić information content (AvgIpc) is 2.47. The summed E-state index contributed by atoms with van der Waals surface area (Å²) in [6.45, 7) is 1.44. The van der Waals surface area contributed by atoms with E-state index in [0.29, 0.717) is 0 Å². The van der Waals surface area contributed by atoms with E-state index in [1.54, 1.807) is 0 Å². The number of alkyl halides is 3. The minimum absolute atomic E-state index is 0.223. The molecule has 1 atom stereocenters. The maximum Gasteiger partial charge on any atom is 0.374 e. The zero-order chi connectivity index (χ0) is 10.9. The molecule has 0 radical (unpaired) electrons. The maximum atomic E-state index is 12.2. The molecule has 1 rings (SSSR count). The van der Waals surface area contributed by atoms with Crippen LogP contribution in [0, 0.1) is 0 Å². The number of hydrogen-bond acceptors (Lipinski definition) is 3. The number of carbonyl (C=O) groups is 1. The van der Waals surface area contributed by atoms with E-state index in [0.717, 1.165) is 0 Å². The van der Waals surface area contributed by atoms with E-state index in [9.17, 15) is 13.6 Å². The molecule has 0 aliphatic rings. The standard InChI is InChI=1S/C7H6ClF2NO3/c1-2(8)6-11-3(5(9)10)4(14-6)7(12)13/h2,5H,1H3,(H,12,13). The minimum Gasteiger partial charge on any atom is -0.475 e. The summed E-state index contributed by atoms with van der Waals surface area (Å²) in [6, 6.07) is 0. The first-order valence-corrected chi connectivity index (χ1v) is 4.03. The van der Waals surface area contributed by atoms with E-state index in [4.69, 9.17) is 16.7 Å². The highest BCUT2D eigenvalue weighted by Gasteiger charge is 2.27. The number of aromatic carboxylic acids is 1. The summed E-state index contributed by atoms with van der Waals surface area (Å²) in [5.74, 6) is -2.67. The van der Waals surface area contributed by atoms with Gasteiger partial charge < -0.3 is 9.52 Å². The topological polar surface area (TPSA) is 63.3 Å². The summed E-state index contributed by atoms with van der Waals surface area (Å²) in [4.78, 5) is 13.8. The van der Waals surface area contributed by atoms with Crippen molar-refractivity contribution in [3.63, 3.8) is 0 Å². The molecule has 4 nitrogen and oxygen atoms in total. The number of nitrogens with zero attached hydrogens (tertiary/aromatic N) is 1. The van der Waals surface area contributed by atoms with Crippen LogP contribution in [0.15, 0.2) is 4.42 Å². The summed E-state index contributed by atoms with van der Waals surface area (Å²) in [5.41, 5.74) is -0.889. The van der Waals surface area contributed by atoms with Crippen LogP contribution in [0.4, 0.5) is 8.78 Å². The van der Waals surface area contributed by atoms with Gasteiger partial charge in [0, 0.05) is 0 Å². The predicted octanol–water partition coefficient (Wildman–Crippen LogP) is 2.61. The molecule has 0 saturated heterocycles. The Labute approximate surface area is 82.5 Å². The fourth-order valence-electron chi connectivity index (χ4n) is 0.820. The molecule has 0 aromatic carbocycles. The largest absolute Gasteiger partial charge is 0.475 e. The highest BCUT2D eigenvalue weighted by molar-refractivity contribution is 6.20. The molecule has 0 aliphatic heterocycles. The third kappa shape index (κ3) is 2.01. The number of rotatable bonds is 3.